The van der Waals surface area contributed by atoms with E-state index in [0.29, 0.717) is 44.3 Å². The number of hydrogen-bond acceptors (Lipinski definition) is 12. The van der Waals surface area contributed by atoms with Crippen molar-refractivity contribution in [1.29, 1.82) is 10.7 Å². The van der Waals surface area contributed by atoms with Crippen LogP contribution in [0.25, 0.3) is 5.76 Å². The molecule has 1 saturated carbocycles. The van der Waals surface area contributed by atoms with Crippen molar-refractivity contribution in [1.82, 2.24) is 24.8 Å². The van der Waals surface area contributed by atoms with Crippen molar-refractivity contribution in [3.63, 3.8) is 0 Å². The zero-order valence-corrected chi connectivity index (χ0v) is 25.4. The van der Waals surface area contributed by atoms with Crippen molar-refractivity contribution < 1.29 is 9.84 Å². The van der Waals surface area contributed by atoms with E-state index in [2.05, 4.69) is 38.0 Å². The second-order valence-electron chi connectivity index (χ2n) is 11.3. The maximum absolute atomic E-state index is 11.7. The molecule has 10 nitrogen and oxygen atoms in total. The van der Waals surface area contributed by atoms with Crippen molar-refractivity contribution in [2.24, 2.45) is 0 Å². The van der Waals surface area contributed by atoms with Gasteiger partial charge in [-0.05, 0) is 95.3 Å². The third-order valence-corrected chi connectivity index (χ3v) is 10.6. The molecule has 3 atom stereocenters. The van der Waals surface area contributed by atoms with Crippen molar-refractivity contribution in [2.45, 2.75) is 86.0 Å². The molecule has 6 rings (SSSR count). The number of rotatable bonds is 6. The Morgan fingerprint density at radius 2 is 2.02 bits per heavy atom. The van der Waals surface area contributed by atoms with Crippen LogP contribution >= 0.6 is 23.1 Å². The summed E-state index contributed by atoms with van der Waals surface area (Å²) in [5.41, 5.74) is 7.82. The number of aryl methyl sites for hydroxylation is 1. The van der Waals surface area contributed by atoms with Crippen LogP contribution in [0.15, 0.2) is 40.3 Å². The summed E-state index contributed by atoms with van der Waals surface area (Å²) in [6, 6.07) is 6.07. The van der Waals surface area contributed by atoms with Gasteiger partial charge in [0.2, 0.25) is 5.88 Å². The lowest BCUT2D eigenvalue weighted by Crippen LogP contribution is -2.42. The van der Waals surface area contributed by atoms with Gasteiger partial charge in [-0.15, -0.1) is 11.3 Å². The molecule has 0 unspecified atom stereocenters. The van der Waals surface area contributed by atoms with E-state index in [1.807, 2.05) is 6.92 Å². The minimum absolute atomic E-state index is 0.107. The number of allylic oxidation sites excluding steroid dienone is 1. The van der Waals surface area contributed by atoms with E-state index in [9.17, 15) is 15.8 Å². The molecular weight excluding hydrogens is 569 g/mol. The number of nitrogen functional groups attached to an aromatic ring is 1. The van der Waals surface area contributed by atoms with Crippen molar-refractivity contribution in [3.8, 4) is 11.9 Å². The fourth-order valence-electron chi connectivity index (χ4n) is 6.80. The zero-order chi connectivity index (χ0) is 29.4. The summed E-state index contributed by atoms with van der Waals surface area (Å²) in [6.07, 6.45) is 9.90. The minimum Gasteiger partial charge on any atom is -0.504 e. The lowest BCUT2D eigenvalue weighted by molar-refractivity contribution is 0.116. The highest BCUT2D eigenvalue weighted by Gasteiger charge is 2.47. The fraction of sp³-hybridized carbons (Fsp3) is 0.467. The van der Waals surface area contributed by atoms with Crippen LogP contribution in [0.5, 0.6) is 5.88 Å². The largest absolute Gasteiger partial charge is 0.504 e. The maximum Gasteiger partial charge on any atom is 0.218 e. The predicted molar refractivity (Wildman–Crippen MR) is 163 cm³/mol. The summed E-state index contributed by atoms with van der Waals surface area (Å²) in [6.45, 7) is 3.07. The van der Waals surface area contributed by atoms with E-state index in [0.717, 1.165) is 61.9 Å². The molecule has 42 heavy (non-hydrogen) atoms. The topological polar surface area (TPSA) is 158 Å². The van der Waals surface area contributed by atoms with E-state index < -0.39 is 5.41 Å². The monoisotopic (exact) mass is 602 g/mol. The summed E-state index contributed by atoms with van der Waals surface area (Å²) >= 11 is 2.72. The molecule has 218 valence electrons. The van der Waals surface area contributed by atoms with E-state index >= 15 is 0 Å². The summed E-state index contributed by atoms with van der Waals surface area (Å²) in [7, 11) is 2.10. The average molecular weight is 603 g/mol. The first-order chi connectivity index (χ1) is 20.3. The third-order valence-electron chi connectivity index (χ3n) is 8.76. The Balaban J connectivity index is 1.40. The minimum atomic E-state index is -0.653. The molecule has 3 aromatic heterocycles. The second kappa shape index (κ2) is 11.6. The Morgan fingerprint density at radius 1 is 1.26 bits per heavy atom. The number of nitriles is 1. The number of aliphatic hydroxyl groups is 1. The van der Waals surface area contributed by atoms with Crippen LogP contribution in [0.4, 0.5) is 5.00 Å². The van der Waals surface area contributed by atoms with Gasteiger partial charge in [-0.25, -0.2) is 15.0 Å². The first-order valence-electron chi connectivity index (χ1n) is 14.3. The predicted octanol–water partition coefficient (Wildman–Crippen LogP) is 5.54. The number of aromatic nitrogens is 4. The summed E-state index contributed by atoms with van der Waals surface area (Å²) in [4.78, 5) is 21.3. The van der Waals surface area contributed by atoms with Crippen molar-refractivity contribution in [2.75, 3.05) is 19.3 Å². The lowest BCUT2D eigenvalue weighted by atomic mass is 9.60. The molecule has 2 fully saturated rings. The molecule has 4 heterocycles. The van der Waals surface area contributed by atoms with Crippen LogP contribution in [0, 0.1) is 16.7 Å². The van der Waals surface area contributed by atoms with Gasteiger partial charge in [0.25, 0.3) is 0 Å². The molecule has 0 bridgehead atoms. The molecule has 1 saturated heterocycles. The van der Waals surface area contributed by atoms with Crippen LogP contribution in [0.1, 0.15) is 73.7 Å². The first-order valence-corrected chi connectivity index (χ1v) is 16.0. The molecule has 2 aliphatic carbocycles. The van der Waals surface area contributed by atoms with Gasteiger partial charge in [0.15, 0.2) is 16.7 Å². The van der Waals surface area contributed by atoms with E-state index in [1.54, 1.807) is 24.5 Å². The molecule has 4 N–H and O–H groups in total. The lowest BCUT2D eigenvalue weighted by Gasteiger charge is -2.42. The number of nitrogens with two attached hydrogens (primary N) is 1. The smallest absolute Gasteiger partial charge is 0.218 e. The molecule has 1 spiro atoms. The van der Waals surface area contributed by atoms with Gasteiger partial charge in [-0.1, -0.05) is 0 Å². The highest BCUT2D eigenvalue weighted by molar-refractivity contribution is 7.99. The van der Waals surface area contributed by atoms with Crippen LogP contribution < -0.4 is 10.5 Å². The molecule has 3 aliphatic rings. The molecule has 3 aromatic rings. The number of ether oxygens (including phenoxy) is 1. The summed E-state index contributed by atoms with van der Waals surface area (Å²) in [5, 5.41) is 32.7. The molecule has 0 aromatic carbocycles. The van der Waals surface area contributed by atoms with Gasteiger partial charge < -0.3 is 21.0 Å². The maximum atomic E-state index is 11.7. The normalized spacial score (nSPS) is 24.3. The van der Waals surface area contributed by atoms with Crippen LogP contribution in [0.3, 0.4) is 0 Å². The first kappa shape index (κ1) is 28.6. The standard InChI is InChI=1S/C30H34N8O2S2/c1-17(20-8-5-14-38(20)2)40-22-15-23(42-29-34-12-6-13-35-29)37-28(36-22)25(39)18-7-3-10-30(26(18)32)11-4-9-21-24(30)19(16-31)27(33)41-21/h6,12-13,15,17,20,32,39H,3-5,7-11,14,33H2,1-2H3/b25-18-,32-26?/t17-,20-,30-/m0/s1. The van der Waals surface area contributed by atoms with Gasteiger partial charge in [0, 0.05) is 46.1 Å². The highest BCUT2D eigenvalue weighted by atomic mass is 32.2. The van der Waals surface area contributed by atoms with Gasteiger partial charge >= 0.3 is 0 Å². The van der Waals surface area contributed by atoms with Gasteiger partial charge in [0.1, 0.15) is 22.2 Å². The SMILES string of the molecule is C[C@H](Oc1cc(Sc2ncccn2)nc(/C(O)=C2\CCC[C@@]3(CCCc4sc(N)c(C#N)c43)C2=N)n1)[C@@H]1CCCN1C. The number of likely N-dealkylation sites (tertiary alicyclic amines) is 1. The van der Waals surface area contributed by atoms with Crippen molar-refractivity contribution >= 4 is 39.6 Å². The second-order valence-corrected chi connectivity index (χ2v) is 13.4. The van der Waals surface area contributed by atoms with Gasteiger partial charge in [0.05, 0.1) is 5.56 Å². The van der Waals surface area contributed by atoms with Crippen LogP contribution in [-0.4, -0.2) is 61.4 Å². The fourth-order valence-corrected chi connectivity index (χ4v) is 8.66. The van der Waals surface area contributed by atoms with E-state index in [1.165, 1.54) is 23.1 Å². The Labute approximate surface area is 253 Å². The zero-order valence-electron chi connectivity index (χ0n) is 23.8. The number of anilines is 1. The Hall–Kier alpha value is -3.53. The van der Waals surface area contributed by atoms with Gasteiger partial charge in [-0.2, -0.15) is 10.2 Å². The van der Waals surface area contributed by atoms with Crippen LogP contribution in [-0.2, 0) is 11.8 Å². The number of aliphatic hydroxyl groups excluding tert-OH is 1. The molecule has 0 amide bonds. The van der Waals surface area contributed by atoms with E-state index in [-0.39, 0.29) is 23.7 Å². The van der Waals surface area contributed by atoms with Crippen molar-refractivity contribution in [3.05, 3.63) is 51.9 Å². The number of nitrogens with one attached hydrogen (secondary N) is 1. The van der Waals surface area contributed by atoms with Gasteiger partial charge in [-0.3, -0.25) is 4.90 Å². The molecule has 0 radical (unpaired) electrons. The summed E-state index contributed by atoms with van der Waals surface area (Å²) in [5.74, 6) is 0.337. The van der Waals surface area contributed by atoms with E-state index in [4.69, 9.17) is 10.5 Å². The molecule has 1 aliphatic heterocycles. The number of hydrogen-bond donors (Lipinski definition) is 3. The summed E-state index contributed by atoms with van der Waals surface area (Å²) < 4.78 is 6.36. The number of nitrogens with zero attached hydrogens (tertiary/aromatic N) is 6. The molecular formula is C30H34N8O2S2. The Kier molecular flexibility index (Phi) is 7.91. The third kappa shape index (κ3) is 5.14. The molecule has 12 heteroatoms. The number of thiophene rings is 1. The quantitative estimate of drug-likeness (QED) is 0.186. The van der Waals surface area contributed by atoms with Crippen LogP contribution in [0.2, 0.25) is 0 Å². The average Bonchev–Trinajstić information content (AvgIpc) is 3.57. The number of fused-ring (bicyclic) bond motifs is 2. The number of likely N-dealkylation sites (N-methyl/N-ethyl adjacent to an activating group) is 1. The Morgan fingerprint density at radius 3 is 2.74 bits per heavy atom. The highest BCUT2D eigenvalue weighted by Crippen LogP contribution is 2.52. The Bertz CT molecular complexity index is 1580.